The van der Waals surface area contributed by atoms with Crippen molar-refractivity contribution >= 4 is 25.7 Å². The van der Waals surface area contributed by atoms with Gasteiger partial charge in [0.05, 0.1) is 33.2 Å². The van der Waals surface area contributed by atoms with E-state index in [9.17, 15) is 16.8 Å². The predicted molar refractivity (Wildman–Crippen MR) is 114 cm³/mol. The van der Waals surface area contributed by atoms with E-state index in [0.29, 0.717) is 5.56 Å². The Kier molecular flexibility index (Phi) is 7.47. The second kappa shape index (κ2) is 9.47. The predicted octanol–water partition coefficient (Wildman–Crippen LogP) is 3.18. The van der Waals surface area contributed by atoms with Gasteiger partial charge in [-0.05, 0) is 56.3 Å². The molecular formula is C20H25N3O5S2. The minimum absolute atomic E-state index is 0.0151. The van der Waals surface area contributed by atoms with E-state index in [2.05, 4.69) is 4.72 Å². The van der Waals surface area contributed by atoms with Crippen LogP contribution in [0.15, 0.2) is 52.3 Å². The quantitative estimate of drug-likeness (QED) is 0.626. The van der Waals surface area contributed by atoms with Gasteiger partial charge in [-0.25, -0.2) is 16.8 Å². The first kappa shape index (κ1) is 23.7. The fourth-order valence-corrected chi connectivity index (χ4v) is 5.28. The van der Waals surface area contributed by atoms with E-state index < -0.39 is 20.0 Å². The maximum atomic E-state index is 12.9. The standard InChI is InChI=1S/C20H25N3O5S2/c1-5-23(6-2)30(26,27)18-11-12-20(28-15(3)4)19(13-18)22-29(24,25)17-9-7-16(14-21)8-10-17/h7-13,15,22H,5-6H2,1-4H3. The number of nitrogens with one attached hydrogen (secondary N) is 1. The Balaban J connectivity index is 2.53. The molecule has 2 aromatic rings. The molecule has 0 bridgehead atoms. The molecule has 0 saturated heterocycles. The van der Waals surface area contributed by atoms with Gasteiger partial charge in [0, 0.05) is 13.1 Å². The lowest BCUT2D eigenvalue weighted by Gasteiger charge is -2.21. The molecule has 30 heavy (non-hydrogen) atoms. The Morgan fingerprint density at radius 1 is 1.00 bits per heavy atom. The zero-order chi connectivity index (χ0) is 22.5. The summed E-state index contributed by atoms with van der Waals surface area (Å²) in [5, 5.41) is 8.89. The van der Waals surface area contributed by atoms with Crippen molar-refractivity contribution < 1.29 is 21.6 Å². The van der Waals surface area contributed by atoms with E-state index in [1.54, 1.807) is 27.7 Å². The molecule has 162 valence electrons. The topological polar surface area (TPSA) is 117 Å². The number of anilines is 1. The molecule has 2 aromatic carbocycles. The molecule has 0 unspecified atom stereocenters. The summed E-state index contributed by atoms with van der Waals surface area (Å²) in [6.45, 7) is 7.58. The Bertz CT molecular complexity index is 1130. The van der Waals surface area contributed by atoms with Gasteiger partial charge >= 0.3 is 0 Å². The Morgan fingerprint density at radius 3 is 2.07 bits per heavy atom. The molecule has 0 amide bonds. The van der Waals surface area contributed by atoms with Gasteiger partial charge in [-0.15, -0.1) is 0 Å². The van der Waals surface area contributed by atoms with Gasteiger partial charge in [0.25, 0.3) is 10.0 Å². The summed E-state index contributed by atoms with van der Waals surface area (Å²) in [6, 6.07) is 11.4. The van der Waals surface area contributed by atoms with Crippen molar-refractivity contribution in [3.63, 3.8) is 0 Å². The molecule has 0 aliphatic rings. The Morgan fingerprint density at radius 2 is 1.57 bits per heavy atom. The number of sulfonamides is 2. The van der Waals surface area contributed by atoms with Gasteiger partial charge in [0.1, 0.15) is 5.75 Å². The third-order valence-corrected chi connectivity index (χ3v) is 7.62. The average molecular weight is 452 g/mol. The van der Waals surface area contributed by atoms with Crippen molar-refractivity contribution in [2.75, 3.05) is 17.8 Å². The highest BCUT2D eigenvalue weighted by Crippen LogP contribution is 2.32. The largest absolute Gasteiger partial charge is 0.489 e. The van der Waals surface area contributed by atoms with E-state index in [0.717, 1.165) is 0 Å². The van der Waals surface area contributed by atoms with E-state index in [-0.39, 0.29) is 40.4 Å². The number of nitrogens with zero attached hydrogens (tertiary/aromatic N) is 2. The van der Waals surface area contributed by atoms with Crippen LogP contribution in [0.4, 0.5) is 5.69 Å². The van der Waals surface area contributed by atoms with E-state index >= 15 is 0 Å². The van der Waals surface area contributed by atoms with Crippen molar-refractivity contribution in [1.29, 1.82) is 5.26 Å². The van der Waals surface area contributed by atoms with Crippen LogP contribution in [0.1, 0.15) is 33.3 Å². The molecule has 0 spiro atoms. The normalized spacial score (nSPS) is 12.0. The maximum absolute atomic E-state index is 12.9. The molecule has 0 heterocycles. The molecule has 0 radical (unpaired) electrons. The zero-order valence-corrected chi connectivity index (χ0v) is 18.9. The van der Waals surface area contributed by atoms with Gasteiger partial charge in [0.2, 0.25) is 10.0 Å². The summed E-state index contributed by atoms with van der Waals surface area (Å²) in [5.41, 5.74) is 0.339. The van der Waals surface area contributed by atoms with Crippen LogP contribution in [0.3, 0.4) is 0 Å². The van der Waals surface area contributed by atoms with Crippen molar-refractivity contribution in [3.05, 3.63) is 48.0 Å². The van der Waals surface area contributed by atoms with Gasteiger partial charge in [-0.3, -0.25) is 4.72 Å². The lowest BCUT2D eigenvalue weighted by Crippen LogP contribution is -2.30. The number of hydrogen-bond acceptors (Lipinski definition) is 6. The molecule has 1 N–H and O–H groups in total. The first-order valence-electron chi connectivity index (χ1n) is 9.39. The third kappa shape index (κ3) is 5.30. The molecule has 2 rings (SSSR count). The third-order valence-electron chi connectivity index (χ3n) is 4.19. The monoisotopic (exact) mass is 451 g/mol. The van der Waals surface area contributed by atoms with E-state index in [4.69, 9.17) is 10.00 Å². The van der Waals surface area contributed by atoms with Crippen molar-refractivity contribution in [2.45, 2.75) is 43.6 Å². The molecular weight excluding hydrogens is 426 g/mol. The number of nitriles is 1. The lowest BCUT2D eigenvalue weighted by atomic mass is 10.2. The van der Waals surface area contributed by atoms with E-state index in [1.807, 2.05) is 6.07 Å². The average Bonchev–Trinajstić information content (AvgIpc) is 2.69. The van der Waals surface area contributed by atoms with Crippen LogP contribution < -0.4 is 9.46 Å². The van der Waals surface area contributed by atoms with Gasteiger partial charge < -0.3 is 4.74 Å². The molecule has 10 heteroatoms. The number of hydrogen-bond donors (Lipinski definition) is 1. The second-order valence-corrected chi connectivity index (χ2v) is 10.3. The second-order valence-electron chi connectivity index (χ2n) is 6.66. The zero-order valence-electron chi connectivity index (χ0n) is 17.3. The Hall–Kier alpha value is -2.61. The van der Waals surface area contributed by atoms with Crippen LogP contribution in [-0.4, -0.2) is 40.3 Å². The molecule has 0 fully saturated rings. The molecule has 0 atom stereocenters. The van der Waals surface area contributed by atoms with Crippen LogP contribution >= 0.6 is 0 Å². The van der Waals surface area contributed by atoms with Gasteiger partial charge in [0.15, 0.2) is 0 Å². The van der Waals surface area contributed by atoms with Crippen LogP contribution in [0.2, 0.25) is 0 Å². The maximum Gasteiger partial charge on any atom is 0.262 e. The highest BCUT2D eigenvalue weighted by molar-refractivity contribution is 7.92. The summed E-state index contributed by atoms with van der Waals surface area (Å²) < 4.78 is 60.8. The van der Waals surface area contributed by atoms with Crippen molar-refractivity contribution in [2.24, 2.45) is 0 Å². The fourth-order valence-electron chi connectivity index (χ4n) is 2.73. The first-order chi connectivity index (χ1) is 14.0. The molecule has 0 saturated carbocycles. The summed E-state index contributed by atoms with van der Waals surface area (Å²) in [7, 11) is -7.83. The van der Waals surface area contributed by atoms with Crippen molar-refractivity contribution in [3.8, 4) is 11.8 Å². The lowest BCUT2D eigenvalue weighted by molar-refractivity contribution is 0.243. The van der Waals surface area contributed by atoms with Crippen molar-refractivity contribution in [1.82, 2.24) is 4.31 Å². The number of rotatable bonds is 9. The number of benzene rings is 2. The summed E-state index contributed by atoms with van der Waals surface area (Å²) >= 11 is 0. The highest BCUT2D eigenvalue weighted by Gasteiger charge is 2.25. The molecule has 0 aromatic heterocycles. The molecule has 8 nitrogen and oxygen atoms in total. The minimum Gasteiger partial charge on any atom is -0.489 e. The van der Waals surface area contributed by atoms with Gasteiger partial charge in [-0.1, -0.05) is 13.8 Å². The number of ether oxygens (including phenoxy) is 1. The highest BCUT2D eigenvalue weighted by atomic mass is 32.2. The summed E-state index contributed by atoms with van der Waals surface area (Å²) in [4.78, 5) is -0.103. The Labute approximate surface area is 178 Å². The van der Waals surface area contributed by atoms with E-state index in [1.165, 1.54) is 46.8 Å². The fraction of sp³-hybridized carbons (Fsp3) is 0.350. The smallest absolute Gasteiger partial charge is 0.262 e. The summed E-state index contributed by atoms with van der Waals surface area (Å²) in [6.07, 6.45) is -0.256. The van der Waals surface area contributed by atoms with Crippen LogP contribution in [0, 0.1) is 11.3 Å². The van der Waals surface area contributed by atoms with Crippen LogP contribution in [-0.2, 0) is 20.0 Å². The SMILES string of the molecule is CCN(CC)S(=O)(=O)c1ccc(OC(C)C)c(NS(=O)(=O)c2ccc(C#N)cc2)c1. The molecule has 0 aliphatic carbocycles. The first-order valence-corrected chi connectivity index (χ1v) is 12.3. The van der Waals surface area contributed by atoms with Crippen LogP contribution in [0.5, 0.6) is 5.75 Å². The van der Waals surface area contributed by atoms with Gasteiger partial charge in [-0.2, -0.15) is 9.57 Å². The summed E-state index contributed by atoms with van der Waals surface area (Å²) in [5.74, 6) is 0.209. The van der Waals surface area contributed by atoms with Crippen LogP contribution in [0.25, 0.3) is 0 Å². The minimum atomic E-state index is -4.04. The molecule has 0 aliphatic heterocycles.